The molecule has 5 nitrogen and oxygen atoms in total. The Balaban J connectivity index is 1.54. The molecule has 2 N–H and O–H groups in total. The Morgan fingerprint density at radius 2 is 1.93 bits per heavy atom. The molecule has 148 valence electrons. The number of thioether (sulfide) groups is 1. The summed E-state index contributed by atoms with van der Waals surface area (Å²) in [7, 11) is 0. The molecule has 2 atom stereocenters. The normalized spacial score (nSPS) is 22.6. The highest BCUT2D eigenvalue weighted by Gasteiger charge is 2.44. The lowest BCUT2D eigenvalue weighted by atomic mass is 10.0. The van der Waals surface area contributed by atoms with Crippen LogP contribution in [0.1, 0.15) is 56.0 Å². The van der Waals surface area contributed by atoms with E-state index in [9.17, 15) is 9.59 Å². The van der Waals surface area contributed by atoms with Crippen LogP contribution in [0, 0.1) is 0 Å². The molecule has 0 radical (unpaired) electrons. The van der Waals surface area contributed by atoms with Gasteiger partial charge in [-0.15, -0.1) is 11.8 Å². The number of rotatable bonds is 5. The molecule has 0 aliphatic carbocycles. The summed E-state index contributed by atoms with van der Waals surface area (Å²) in [5.74, 6) is 1.01. The first-order valence-corrected chi connectivity index (χ1v) is 11.0. The third kappa shape index (κ3) is 4.66. The second kappa shape index (κ2) is 8.65. The fourth-order valence-electron chi connectivity index (χ4n) is 3.66. The molecule has 0 bridgehead atoms. The van der Waals surface area contributed by atoms with Crippen molar-refractivity contribution in [3.63, 3.8) is 0 Å². The van der Waals surface area contributed by atoms with Crippen LogP contribution in [0.15, 0.2) is 24.3 Å². The Kier molecular flexibility index (Phi) is 6.48. The molecule has 1 aromatic carbocycles. The third-order valence-electron chi connectivity index (χ3n) is 5.75. The van der Waals surface area contributed by atoms with E-state index in [1.807, 2.05) is 47.9 Å². The number of aryl methyl sites for hydroxylation is 1. The van der Waals surface area contributed by atoms with Gasteiger partial charge >= 0.3 is 0 Å². The second-order valence-electron chi connectivity index (χ2n) is 7.66. The van der Waals surface area contributed by atoms with Crippen molar-refractivity contribution >= 4 is 23.6 Å². The van der Waals surface area contributed by atoms with E-state index in [1.54, 1.807) is 0 Å². The van der Waals surface area contributed by atoms with Gasteiger partial charge in [0.25, 0.3) is 5.91 Å². The summed E-state index contributed by atoms with van der Waals surface area (Å²) in [5, 5.41) is 6.63. The van der Waals surface area contributed by atoms with Crippen LogP contribution >= 0.6 is 11.8 Å². The first kappa shape index (κ1) is 20.2. The number of amides is 2. The molecular formula is C21H31N3O2S. The highest BCUT2D eigenvalue weighted by molar-refractivity contribution is 8.01. The van der Waals surface area contributed by atoms with E-state index in [0.29, 0.717) is 0 Å². The minimum atomic E-state index is -0.132. The van der Waals surface area contributed by atoms with Gasteiger partial charge < -0.3 is 10.2 Å². The number of nitrogens with one attached hydrogen (secondary N) is 2. The van der Waals surface area contributed by atoms with E-state index < -0.39 is 0 Å². The highest BCUT2D eigenvalue weighted by atomic mass is 32.2. The Bertz CT molecular complexity index is 669. The molecule has 2 heterocycles. The summed E-state index contributed by atoms with van der Waals surface area (Å²) < 4.78 is 0. The lowest BCUT2D eigenvalue weighted by molar-refractivity contribution is -0.123. The molecule has 0 aromatic heterocycles. The standard InChI is InChI=1S/C21H31N3O2S/c1-4-15(3)22-19(25)18-14-27-21(23-18)10-12-24(13-11-21)20(26)17-8-6-16(5-2)7-9-17/h6-9,15,18,23H,4-5,10-14H2,1-3H3,(H,22,25)/t15-,18-/m1/s1. The molecule has 0 saturated carbocycles. The topological polar surface area (TPSA) is 61.4 Å². The number of hydrogen-bond acceptors (Lipinski definition) is 4. The van der Waals surface area contributed by atoms with Gasteiger partial charge in [-0.1, -0.05) is 26.0 Å². The molecule has 2 aliphatic rings. The van der Waals surface area contributed by atoms with Crippen molar-refractivity contribution in [2.24, 2.45) is 0 Å². The van der Waals surface area contributed by atoms with E-state index in [-0.39, 0.29) is 28.8 Å². The van der Waals surface area contributed by atoms with Crippen LogP contribution in [-0.4, -0.2) is 52.5 Å². The minimum absolute atomic E-state index is 0.0691. The zero-order valence-electron chi connectivity index (χ0n) is 16.6. The van der Waals surface area contributed by atoms with Gasteiger partial charge in [0.15, 0.2) is 0 Å². The number of benzene rings is 1. The number of carbonyl (C=O) groups excluding carboxylic acids is 2. The van der Waals surface area contributed by atoms with Crippen LogP contribution in [0.5, 0.6) is 0 Å². The average molecular weight is 390 g/mol. The van der Waals surface area contributed by atoms with Crippen LogP contribution in [-0.2, 0) is 11.2 Å². The molecule has 1 aromatic rings. The van der Waals surface area contributed by atoms with Crippen molar-refractivity contribution < 1.29 is 9.59 Å². The zero-order chi connectivity index (χ0) is 19.4. The number of carbonyl (C=O) groups is 2. The Labute approximate surface area is 166 Å². The average Bonchev–Trinajstić information content (AvgIpc) is 3.11. The third-order valence-corrected chi connectivity index (χ3v) is 7.33. The van der Waals surface area contributed by atoms with Crippen LogP contribution in [0.3, 0.4) is 0 Å². The maximum Gasteiger partial charge on any atom is 0.253 e. The second-order valence-corrected chi connectivity index (χ2v) is 9.07. The first-order chi connectivity index (χ1) is 13.0. The molecule has 6 heteroatoms. The van der Waals surface area contributed by atoms with Crippen molar-refractivity contribution in [3.05, 3.63) is 35.4 Å². The quantitative estimate of drug-likeness (QED) is 0.813. The van der Waals surface area contributed by atoms with Crippen LogP contribution in [0.2, 0.25) is 0 Å². The Hall–Kier alpha value is -1.53. The number of likely N-dealkylation sites (tertiary alicyclic amines) is 1. The fourth-order valence-corrected chi connectivity index (χ4v) is 5.07. The fraction of sp³-hybridized carbons (Fsp3) is 0.619. The van der Waals surface area contributed by atoms with Crippen molar-refractivity contribution in [2.45, 2.75) is 63.4 Å². The molecule has 2 saturated heterocycles. The predicted molar refractivity (Wildman–Crippen MR) is 111 cm³/mol. The largest absolute Gasteiger partial charge is 0.352 e. The zero-order valence-corrected chi connectivity index (χ0v) is 17.4. The molecule has 2 amide bonds. The SMILES string of the molecule is CCc1ccc(C(=O)N2CCC3(CC2)N[C@@H](C(=O)N[C@H](C)CC)CS3)cc1. The summed E-state index contributed by atoms with van der Waals surface area (Å²) >= 11 is 1.84. The minimum Gasteiger partial charge on any atom is -0.352 e. The number of nitrogens with zero attached hydrogens (tertiary/aromatic N) is 1. The maximum atomic E-state index is 12.8. The van der Waals surface area contributed by atoms with Gasteiger partial charge in [0.2, 0.25) is 5.91 Å². The first-order valence-electron chi connectivity index (χ1n) is 10.1. The summed E-state index contributed by atoms with van der Waals surface area (Å²) in [6.07, 6.45) is 3.68. The van der Waals surface area contributed by atoms with E-state index in [2.05, 4.69) is 24.5 Å². The van der Waals surface area contributed by atoms with E-state index >= 15 is 0 Å². The van der Waals surface area contributed by atoms with Gasteiger partial charge in [0.05, 0.1) is 10.9 Å². The van der Waals surface area contributed by atoms with Crippen LogP contribution in [0.25, 0.3) is 0 Å². The number of hydrogen-bond donors (Lipinski definition) is 2. The molecule has 2 fully saturated rings. The molecule has 0 unspecified atom stereocenters. The Morgan fingerprint density at radius 3 is 2.52 bits per heavy atom. The summed E-state index contributed by atoms with van der Waals surface area (Å²) in [6, 6.07) is 8.01. The van der Waals surface area contributed by atoms with Gasteiger partial charge in [0, 0.05) is 30.4 Å². The van der Waals surface area contributed by atoms with Crippen LogP contribution < -0.4 is 10.6 Å². The van der Waals surface area contributed by atoms with Gasteiger partial charge in [0.1, 0.15) is 0 Å². The van der Waals surface area contributed by atoms with Gasteiger partial charge in [-0.2, -0.15) is 0 Å². The van der Waals surface area contributed by atoms with Gasteiger partial charge in [-0.25, -0.2) is 0 Å². The van der Waals surface area contributed by atoms with Crippen molar-refractivity contribution in [3.8, 4) is 0 Å². The van der Waals surface area contributed by atoms with Crippen molar-refractivity contribution in [2.75, 3.05) is 18.8 Å². The van der Waals surface area contributed by atoms with Gasteiger partial charge in [-0.3, -0.25) is 14.9 Å². The van der Waals surface area contributed by atoms with Crippen molar-refractivity contribution in [1.82, 2.24) is 15.5 Å². The summed E-state index contributed by atoms with van der Waals surface area (Å²) in [4.78, 5) is 27.0. The van der Waals surface area contributed by atoms with E-state index in [1.165, 1.54) is 5.56 Å². The Morgan fingerprint density at radius 1 is 1.26 bits per heavy atom. The maximum absolute atomic E-state index is 12.8. The molecular weight excluding hydrogens is 358 g/mol. The van der Waals surface area contributed by atoms with Crippen LogP contribution in [0.4, 0.5) is 0 Å². The van der Waals surface area contributed by atoms with Crippen molar-refractivity contribution in [1.29, 1.82) is 0 Å². The molecule has 3 rings (SSSR count). The van der Waals surface area contributed by atoms with E-state index in [0.717, 1.165) is 50.1 Å². The molecule has 27 heavy (non-hydrogen) atoms. The summed E-state index contributed by atoms with van der Waals surface area (Å²) in [6.45, 7) is 7.68. The smallest absolute Gasteiger partial charge is 0.253 e. The lowest BCUT2D eigenvalue weighted by Gasteiger charge is -2.39. The highest BCUT2D eigenvalue weighted by Crippen LogP contribution is 2.39. The summed E-state index contributed by atoms with van der Waals surface area (Å²) in [5.41, 5.74) is 2.01. The predicted octanol–water partition coefficient (Wildman–Crippen LogP) is 2.80. The van der Waals surface area contributed by atoms with Gasteiger partial charge in [-0.05, 0) is 50.3 Å². The monoisotopic (exact) mass is 389 g/mol. The van der Waals surface area contributed by atoms with E-state index in [4.69, 9.17) is 0 Å². The molecule has 1 spiro atoms. The number of piperidine rings is 1. The molecule has 2 aliphatic heterocycles. The lowest BCUT2D eigenvalue weighted by Crippen LogP contribution is -2.55.